The first-order valence-corrected chi connectivity index (χ1v) is 8.38. The molecule has 0 aromatic heterocycles. The van der Waals surface area contributed by atoms with Crippen LogP contribution in [-0.2, 0) is 0 Å². The summed E-state index contributed by atoms with van der Waals surface area (Å²) in [5.74, 6) is 3.31. The molecule has 0 radical (unpaired) electrons. The van der Waals surface area contributed by atoms with E-state index in [-0.39, 0.29) is 0 Å². The molecule has 0 aliphatic rings. The topological polar surface area (TPSA) is 0 Å². The van der Waals surface area contributed by atoms with Crippen molar-refractivity contribution in [1.29, 1.82) is 0 Å². The second-order valence-corrected chi connectivity index (χ2v) is 9.18. The Morgan fingerprint density at radius 2 is 1.77 bits per heavy atom. The number of unbranched alkanes of at least 4 members (excludes halogenated alkanes) is 1. The van der Waals surface area contributed by atoms with Gasteiger partial charge < -0.3 is 0 Å². The molecule has 0 atom stereocenters. The van der Waals surface area contributed by atoms with Crippen LogP contribution in [0.1, 0.15) is 40.0 Å². The molecule has 0 saturated carbocycles. The molecule has 0 aliphatic carbocycles. The zero-order valence-corrected chi connectivity index (χ0v) is 10.9. The van der Waals surface area contributed by atoms with E-state index in [2.05, 4.69) is 46.0 Å². The molecule has 13 heavy (non-hydrogen) atoms. The Balaban J connectivity index is 3.52. The van der Waals surface area contributed by atoms with Gasteiger partial charge in [-0.1, -0.05) is 26.3 Å². The summed E-state index contributed by atoms with van der Waals surface area (Å²) in [4.78, 5) is 0. The van der Waals surface area contributed by atoms with Crippen molar-refractivity contribution in [3.63, 3.8) is 0 Å². The highest BCUT2D eigenvalue weighted by Gasteiger charge is 2.19. The number of rotatable bonds is 6. The molecule has 0 spiro atoms. The molecule has 78 valence electrons. The van der Waals surface area contributed by atoms with Gasteiger partial charge in [0.2, 0.25) is 0 Å². The monoisotopic (exact) mass is 201 g/mol. The lowest BCUT2D eigenvalue weighted by atomic mass is 10.1. The number of allylic oxidation sites excluding steroid dienone is 1. The Kier molecular flexibility index (Phi) is 6.68. The van der Waals surface area contributed by atoms with Gasteiger partial charge in [-0.2, -0.15) is 0 Å². The minimum absolute atomic E-state index is 0.683. The van der Waals surface area contributed by atoms with Gasteiger partial charge in [0.05, 0.1) is 25.3 Å². The van der Waals surface area contributed by atoms with Crippen LogP contribution >= 0.6 is 7.26 Å². The first-order valence-electron chi connectivity index (χ1n) is 5.44. The Morgan fingerprint density at radius 1 is 1.15 bits per heavy atom. The molecule has 0 bridgehead atoms. The Morgan fingerprint density at radius 3 is 2.23 bits per heavy atom. The highest BCUT2D eigenvalue weighted by atomic mass is 31.2. The van der Waals surface area contributed by atoms with E-state index in [1.54, 1.807) is 0 Å². The third-order valence-electron chi connectivity index (χ3n) is 2.32. The maximum absolute atomic E-state index is 2.43. The van der Waals surface area contributed by atoms with Crippen LogP contribution in [0, 0.1) is 5.92 Å². The normalized spacial score (nSPS) is 13.1. The molecule has 1 heteroatoms. The van der Waals surface area contributed by atoms with E-state index in [4.69, 9.17) is 0 Å². The summed E-state index contributed by atoms with van der Waals surface area (Å²) < 4.78 is 0. The van der Waals surface area contributed by atoms with E-state index in [0.717, 1.165) is 5.92 Å². The van der Waals surface area contributed by atoms with E-state index in [0.29, 0.717) is 0 Å². The van der Waals surface area contributed by atoms with Crippen molar-refractivity contribution in [3.8, 4) is 0 Å². The molecule has 0 aromatic rings. The van der Waals surface area contributed by atoms with Gasteiger partial charge >= 0.3 is 0 Å². The molecule has 0 heterocycles. The molecule has 0 aromatic carbocycles. The fraction of sp³-hybridized carbons (Fsp3) is 0.833. The summed E-state index contributed by atoms with van der Waals surface area (Å²) >= 11 is 0. The fourth-order valence-electron chi connectivity index (χ4n) is 1.55. The zero-order valence-electron chi connectivity index (χ0n) is 10.0. The van der Waals surface area contributed by atoms with Crippen molar-refractivity contribution in [1.82, 2.24) is 0 Å². The van der Waals surface area contributed by atoms with Crippen molar-refractivity contribution >= 4 is 7.26 Å². The van der Waals surface area contributed by atoms with Gasteiger partial charge in [0.15, 0.2) is 0 Å². The minimum Gasteiger partial charge on any atom is -0.0628 e. The van der Waals surface area contributed by atoms with E-state index >= 15 is 0 Å². The lowest BCUT2D eigenvalue weighted by molar-refractivity contribution is 0.551. The van der Waals surface area contributed by atoms with Crippen molar-refractivity contribution in [3.05, 3.63) is 11.9 Å². The molecule has 0 unspecified atom stereocenters. The largest absolute Gasteiger partial charge is 0.0630 e. The van der Waals surface area contributed by atoms with Gasteiger partial charge in [0.25, 0.3) is 0 Å². The zero-order chi connectivity index (χ0) is 10.3. The third kappa shape index (κ3) is 8.50. The maximum Gasteiger partial charge on any atom is 0.0630 e. The highest BCUT2D eigenvalue weighted by Crippen LogP contribution is 2.53. The van der Waals surface area contributed by atoms with Gasteiger partial charge in [-0.05, 0) is 25.7 Å². The first-order chi connectivity index (χ1) is 5.98. The van der Waals surface area contributed by atoms with Crippen LogP contribution < -0.4 is 0 Å². The van der Waals surface area contributed by atoms with E-state index in [9.17, 15) is 0 Å². The van der Waals surface area contributed by atoms with Crippen molar-refractivity contribution in [2.75, 3.05) is 19.5 Å². The average Bonchev–Trinajstić information content (AvgIpc) is 1.98. The van der Waals surface area contributed by atoms with Crippen LogP contribution in [0.15, 0.2) is 11.9 Å². The average molecular weight is 201 g/mol. The van der Waals surface area contributed by atoms with E-state index < -0.39 is 7.26 Å². The summed E-state index contributed by atoms with van der Waals surface area (Å²) in [6.45, 7) is 11.6. The van der Waals surface area contributed by atoms with Crippen molar-refractivity contribution in [2.45, 2.75) is 40.0 Å². The Bertz CT molecular complexity index is 145. The van der Waals surface area contributed by atoms with Crippen LogP contribution in [0.2, 0.25) is 0 Å². The lowest BCUT2D eigenvalue weighted by Gasteiger charge is -2.13. The van der Waals surface area contributed by atoms with Crippen LogP contribution in [-0.4, -0.2) is 19.5 Å². The summed E-state index contributed by atoms with van der Waals surface area (Å²) in [7, 11) is -0.683. The lowest BCUT2D eigenvalue weighted by Crippen LogP contribution is -1.94. The standard InChI is InChI=1S/C12H26P/c1-6-10-13(4,5)11-8-7-9-12(2)3/h6,10,12H,7-9,11H2,1-5H3/q+1/b10-6+. The molecule has 0 saturated heterocycles. The summed E-state index contributed by atoms with van der Waals surface area (Å²) in [5.41, 5.74) is 0. The molecule has 0 aliphatic heterocycles. The first kappa shape index (κ1) is 13.2. The molecule has 0 nitrogen and oxygen atoms in total. The van der Waals surface area contributed by atoms with Crippen LogP contribution in [0.3, 0.4) is 0 Å². The summed E-state index contributed by atoms with van der Waals surface area (Å²) in [5, 5.41) is 0. The quantitative estimate of drug-likeness (QED) is 0.434. The van der Waals surface area contributed by atoms with E-state index in [1.165, 1.54) is 25.4 Å². The van der Waals surface area contributed by atoms with E-state index in [1.807, 2.05) is 0 Å². The predicted molar refractivity (Wildman–Crippen MR) is 67.1 cm³/mol. The highest BCUT2D eigenvalue weighted by molar-refractivity contribution is 7.77. The molecular weight excluding hydrogens is 175 g/mol. The minimum atomic E-state index is -0.683. The predicted octanol–water partition coefficient (Wildman–Crippen LogP) is 4.62. The molecule has 0 rings (SSSR count). The Labute approximate surface area is 85.1 Å². The smallest absolute Gasteiger partial charge is 0.0628 e. The van der Waals surface area contributed by atoms with Crippen molar-refractivity contribution in [2.24, 2.45) is 5.92 Å². The Hall–Kier alpha value is 0.170. The second kappa shape index (κ2) is 6.60. The number of hydrogen-bond acceptors (Lipinski definition) is 0. The van der Waals surface area contributed by atoms with Gasteiger partial charge in [-0.3, -0.25) is 0 Å². The molecule has 0 amide bonds. The van der Waals surface area contributed by atoms with Gasteiger partial charge in [0, 0.05) is 7.26 Å². The molecule has 0 N–H and O–H groups in total. The van der Waals surface area contributed by atoms with Gasteiger partial charge in [-0.25, -0.2) is 0 Å². The maximum atomic E-state index is 2.43. The summed E-state index contributed by atoms with van der Waals surface area (Å²) in [6, 6.07) is 0. The second-order valence-electron chi connectivity index (χ2n) is 4.87. The molecular formula is C12H26P+. The SMILES string of the molecule is C/C=C/[P+](C)(C)CCCCC(C)C. The van der Waals surface area contributed by atoms with Crippen LogP contribution in [0.5, 0.6) is 0 Å². The van der Waals surface area contributed by atoms with Gasteiger partial charge in [0.1, 0.15) is 0 Å². The summed E-state index contributed by atoms with van der Waals surface area (Å²) in [6.07, 6.45) is 7.89. The van der Waals surface area contributed by atoms with Crippen LogP contribution in [0.25, 0.3) is 0 Å². The van der Waals surface area contributed by atoms with Gasteiger partial charge in [-0.15, -0.1) is 0 Å². The third-order valence-corrected chi connectivity index (χ3v) is 4.89. The molecule has 0 fully saturated rings. The fourth-order valence-corrected chi connectivity index (χ4v) is 3.54. The number of hydrogen-bond donors (Lipinski definition) is 0. The van der Waals surface area contributed by atoms with Crippen LogP contribution in [0.4, 0.5) is 0 Å². The van der Waals surface area contributed by atoms with Crippen molar-refractivity contribution < 1.29 is 0 Å².